The van der Waals surface area contributed by atoms with E-state index < -0.39 is 0 Å². The Bertz CT molecular complexity index is 311. The van der Waals surface area contributed by atoms with Crippen molar-refractivity contribution in [1.29, 1.82) is 0 Å². The van der Waals surface area contributed by atoms with E-state index in [4.69, 9.17) is 5.73 Å². The van der Waals surface area contributed by atoms with Crippen molar-refractivity contribution in [3.8, 4) is 0 Å². The van der Waals surface area contributed by atoms with Crippen molar-refractivity contribution in [1.82, 2.24) is 0 Å². The van der Waals surface area contributed by atoms with Gasteiger partial charge in [-0.05, 0) is 24.3 Å². The second-order valence-electron chi connectivity index (χ2n) is 2.94. The monoisotopic (exact) mass is 286 g/mol. The summed E-state index contributed by atoms with van der Waals surface area (Å²) in [5.41, 5.74) is 6.31. The number of anilines is 1. The van der Waals surface area contributed by atoms with Gasteiger partial charge in [0, 0.05) is 30.2 Å². The quantitative estimate of drug-likeness (QED) is 0.929. The molecule has 0 aromatic heterocycles. The maximum Gasteiger partial charge on any atom is 0.223 e. The standard InChI is InChI=1S/C10H13BrN2O.C2H6/c1-8(14)13(7-6-12)10-4-2-9(11)3-5-10;1-2/h2-5H,6-7,12H2,1H3;1-2H3. The Morgan fingerprint density at radius 1 is 1.31 bits per heavy atom. The first-order valence-corrected chi connectivity index (χ1v) is 6.18. The smallest absolute Gasteiger partial charge is 0.223 e. The normalized spacial score (nSPS) is 9.06. The molecular weight excluding hydrogens is 268 g/mol. The van der Waals surface area contributed by atoms with Crippen molar-refractivity contribution >= 4 is 27.5 Å². The molecule has 0 unspecified atom stereocenters. The van der Waals surface area contributed by atoms with Gasteiger partial charge in [-0.1, -0.05) is 29.8 Å². The molecule has 1 amide bonds. The number of carbonyl (C=O) groups excluding carboxylic acids is 1. The van der Waals surface area contributed by atoms with Gasteiger partial charge in [-0.15, -0.1) is 0 Å². The van der Waals surface area contributed by atoms with Crippen LogP contribution in [-0.4, -0.2) is 19.0 Å². The van der Waals surface area contributed by atoms with E-state index in [1.165, 1.54) is 6.92 Å². The van der Waals surface area contributed by atoms with Gasteiger partial charge in [-0.25, -0.2) is 0 Å². The van der Waals surface area contributed by atoms with Crippen LogP contribution < -0.4 is 10.6 Å². The molecule has 0 radical (unpaired) electrons. The van der Waals surface area contributed by atoms with E-state index in [1.54, 1.807) is 4.90 Å². The topological polar surface area (TPSA) is 46.3 Å². The number of hydrogen-bond acceptors (Lipinski definition) is 2. The van der Waals surface area contributed by atoms with Gasteiger partial charge in [-0.2, -0.15) is 0 Å². The highest BCUT2D eigenvalue weighted by atomic mass is 79.9. The molecule has 0 aliphatic heterocycles. The molecule has 1 rings (SSSR count). The maximum atomic E-state index is 11.3. The van der Waals surface area contributed by atoms with Gasteiger partial charge in [0.2, 0.25) is 5.91 Å². The Labute approximate surface area is 106 Å². The van der Waals surface area contributed by atoms with Crippen molar-refractivity contribution in [3.63, 3.8) is 0 Å². The molecule has 1 aromatic rings. The van der Waals surface area contributed by atoms with Crippen LogP contribution in [0.2, 0.25) is 0 Å². The zero-order valence-electron chi connectivity index (χ0n) is 10.0. The van der Waals surface area contributed by atoms with E-state index in [0.717, 1.165) is 10.2 Å². The fraction of sp³-hybridized carbons (Fsp3) is 0.417. The minimum absolute atomic E-state index is 0.0118. The largest absolute Gasteiger partial charge is 0.329 e. The molecule has 2 N–H and O–H groups in total. The summed E-state index contributed by atoms with van der Waals surface area (Å²) < 4.78 is 0.998. The van der Waals surface area contributed by atoms with E-state index in [0.29, 0.717) is 13.1 Å². The number of amides is 1. The molecule has 0 heterocycles. The highest BCUT2D eigenvalue weighted by Crippen LogP contribution is 2.18. The molecule has 0 atom stereocenters. The van der Waals surface area contributed by atoms with Crippen LogP contribution in [0.4, 0.5) is 5.69 Å². The van der Waals surface area contributed by atoms with Crippen LogP contribution in [0.15, 0.2) is 28.7 Å². The number of halogens is 1. The highest BCUT2D eigenvalue weighted by molar-refractivity contribution is 9.10. The molecule has 90 valence electrons. The number of nitrogens with zero attached hydrogens (tertiary/aromatic N) is 1. The van der Waals surface area contributed by atoms with Crippen LogP contribution in [0.25, 0.3) is 0 Å². The lowest BCUT2D eigenvalue weighted by molar-refractivity contribution is -0.116. The fourth-order valence-electron chi connectivity index (χ4n) is 1.22. The average Bonchev–Trinajstić information content (AvgIpc) is 2.30. The van der Waals surface area contributed by atoms with Gasteiger partial charge in [0.1, 0.15) is 0 Å². The summed E-state index contributed by atoms with van der Waals surface area (Å²) >= 11 is 3.34. The van der Waals surface area contributed by atoms with Gasteiger partial charge in [0.25, 0.3) is 0 Å². The Kier molecular flexibility index (Phi) is 7.85. The van der Waals surface area contributed by atoms with Crippen molar-refractivity contribution in [2.24, 2.45) is 5.73 Å². The molecule has 0 fully saturated rings. The second kappa shape index (κ2) is 8.30. The minimum atomic E-state index is 0.0118. The minimum Gasteiger partial charge on any atom is -0.329 e. The number of nitrogens with two attached hydrogens (primary N) is 1. The van der Waals surface area contributed by atoms with Crippen molar-refractivity contribution in [2.45, 2.75) is 20.8 Å². The summed E-state index contributed by atoms with van der Waals surface area (Å²) in [6.07, 6.45) is 0. The van der Waals surface area contributed by atoms with E-state index in [2.05, 4.69) is 15.9 Å². The Hall–Kier alpha value is -0.870. The molecule has 0 aliphatic carbocycles. The molecule has 0 saturated carbocycles. The third kappa shape index (κ3) is 4.77. The zero-order chi connectivity index (χ0) is 12.6. The lowest BCUT2D eigenvalue weighted by Crippen LogP contribution is -2.33. The summed E-state index contributed by atoms with van der Waals surface area (Å²) in [5, 5.41) is 0. The van der Waals surface area contributed by atoms with E-state index >= 15 is 0 Å². The summed E-state index contributed by atoms with van der Waals surface area (Å²) in [7, 11) is 0. The molecular formula is C12H19BrN2O. The van der Waals surface area contributed by atoms with E-state index in [-0.39, 0.29) is 5.91 Å². The number of benzene rings is 1. The van der Waals surface area contributed by atoms with Crippen molar-refractivity contribution in [2.75, 3.05) is 18.0 Å². The molecule has 3 nitrogen and oxygen atoms in total. The first-order valence-electron chi connectivity index (χ1n) is 5.39. The number of carbonyl (C=O) groups is 1. The molecule has 4 heteroatoms. The van der Waals surface area contributed by atoms with Crippen LogP contribution in [0.1, 0.15) is 20.8 Å². The third-order valence-corrected chi connectivity index (χ3v) is 2.40. The van der Waals surface area contributed by atoms with E-state index in [9.17, 15) is 4.79 Å². The third-order valence-electron chi connectivity index (χ3n) is 1.87. The van der Waals surface area contributed by atoms with E-state index in [1.807, 2.05) is 38.1 Å². The van der Waals surface area contributed by atoms with Gasteiger partial charge in [-0.3, -0.25) is 4.79 Å². The van der Waals surface area contributed by atoms with Crippen LogP contribution in [0.3, 0.4) is 0 Å². The van der Waals surface area contributed by atoms with Gasteiger partial charge >= 0.3 is 0 Å². The van der Waals surface area contributed by atoms with Gasteiger partial charge < -0.3 is 10.6 Å². The molecule has 0 aliphatic rings. The Morgan fingerprint density at radius 3 is 2.19 bits per heavy atom. The summed E-state index contributed by atoms with van der Waals surface area (Å²) in [4.78, 5) is 12.9. The molecule has 0 spiro atoms. The predicted octanol–water partition coefficient (Wildman–Crippen LogP) is 2.79. The zero-order valence-corrected chi connectivity index (χ0v) is 11.6. The summed E-state index contributed by atoms with van der Waals surface area (Å²) in [5.74, 6) is 0.0118. The number of rotatable bonds is 3. The molecule has 1 aromatic carbocycles. The van der Waals surface area contributed by atoms with Crippen LogP contribution in [0.5, 0.6) is 0 Å². The van der Waals surface area contributed by atoms with Crippen LogP contribution in [0, 0.1) is 0 Å². The molecule has 0 bridgehead atoms. The van der Waals surface area contributed by atoms with Gasteiger partial charge in [0.05, 0.1) is 0 Å². The Balaban J connectivity index is 0.00000106. The van der Waals surface area contributed by atoms with Crippen molar-refractivity contribution in [3.05, 3.63) is 28.7 Å². The maximum absolute atomic E-state index is 11.3. The lowest BCUT2D eigenvalue weighted by Gasteiger charge is -2.20. The predicted molar refractivity (Wildman–Crippen MR) is 72.6 cm³/mol. The summed E-state index contributed by atoms with van der Waals surface area (Å²) in [6.45, 7) is 6.56. The van der Waals surface area contributed by atoms with Crippen LogP contribution in [-0.2, 0) is 4.79 Å². The van der Waals surface area contributed by atoms with Gasteiger partial charge in [0.15, 0.2) is 0 Å². The van der Waals surface area contributed by atoms with Crippen LogP contribution >= 0.6 is 15.9 Å². The first-order chi connectivity index (χ1) is 7.65. The number of hydrogen-bond donors (Lipinski definition) is 1. The van der Waals surface area contributed by atoms with Crippen molar-refractivity contribution < 1.29 is 4.79 Å². The Morgan fingerprint density at radius 2 is 1.81 bits per heavy atom. The fourth-order valence-corrected chi connectivity index (χ4v) is 1.48. The molecule has 0 saturated heterocycles. The molecule has 16 heavy (non-hydrogen) atoms. The highest BCUT2D eigenvalue weighted by Gasteiger charge is 2.09. The first kappa shape index (κ1) is 15.1. The second-order valence-corrected chi connectivity index (χ2v) is 3.85. The average molecular weight is 287 g/mol. The lowest BCUT2D eigenvalue weighted by atomic mass is 10.3. The SMILES string of the molecule is CC.CC(=O)N(CCN)c1ccc(Br)cc1. The summed E-state index contributed by atoms with van der Waals surface area (Å²) in [6, 6.07) is 7.59.